The minimum absolute atomic E-state index is 0.143. The highest BCUT2D eigenvalue weighted by atomic mass is 32.2. The van der Waals surface area contributed by atoms with Gasteiger partial charge in [-0.3, -0.25) is 4.79 Å². The first-order chi connectivity index (χ1) is 5.98. The maximum absolute atomic E-state index is 10.9. The number of rotatable bonds is 7. The maximum atomic E-state index is 10.9. The summed E-state index contributed by atoms with van der Waals surface area (Å²) in [6, 6.07) is 0. The first-order valence-corrected chi connectivity index (χ1v) is 4.98. The molecule has 0 aromatic rings. The van der Waals surface area contributed by atoms with Crippen molar-refractivity contribution in [3.8, 4) is 0 Å². The van der Waals surface area contributed by atoms with Gasteiger partial charge in [0, 0.05) is 13.7 Å². The summed E-state index contributed by atoms with van der Waals surface area (Å²) >= 11 is 0. The number of carbonyl (C=O) groups excluding carboxylic acids is 1. The highest BCUT2D eigenvalue weighted by molar-refractivity contribution is 7.87. The highest BCUT2D eigenvalue weighted by Gasteiger charge is 2.08. The van der Waals surface area contributed by atoms with Crippen LogP contribution < -0.4 is 15.2 Å². The zero-order valence-corrected chi connectivity index (χ0v) is 8.06. The Bertz CT molecular complexity index is 251. The van der Waals surface area contributed by atoms with Gasteiger partial charge < -0.3 is 10.5 Å². The van der Waals surface area contributed by atoms with Gasteiger partial charge in [-0.1, -0.05) is 0 Å². The molecule has 7 nitrogen and oxygen atoms in total. The van der Waals surface area contributed by atoms with Crippen molar-refractivity contribution < 1.29 is 17.9 Å². The second-order valence-corrected chi connectivity index (χ2v) is 3.76. The molecule has 0 rings (SSSR count). The Labute approximate surface area is 76.8 Å². The summed E-state index contributed by atoms with van der Waals surface area (Å²) in [7, 11) is -2.18. The molecule has 0 fully saturated rings. The minimum atomic E-state index is -3.63. The Balaban J connectivity index is 3.74. The molecule has 0 saturated carbocycles. The molecule has 0 heterocycles. The molecule has 8 heteroatoms. The van der Waals surface area contributed by atoms with Gasteiger partial charge in [0.05, 0.1) is 13.2 Å². The van der Waals surface area contributed by atoms with Crippen LogP contribution in [0.15, 0.2) is 0 Å². The van der Waals surface area contributed by atoms with Crippen LogP contribution in [-0.2, 0) is 19.7 Å². The summed E-state index contributed by atoms with van der Waals surface area (Å²) in [6.07, 6.45) is 0. The molecule has 4 N–H and O–H groups in total. The number of methoxy groups -OCH3 is 1. The SMILES string of the molecule is COCCNS(=O)(=O)NCC(N)=O. The van der Waals surface area contributed by atoms with Crippen molar-refractivity contribution in [3.05, 3.63) is 0 Å². The Morgan fingerprint density at radius 3 is 2.54 bits per heavy atom. The van der Waals surface area contributed by atoms with Crippen molar-refractivity contribution in [2.24, 2.45) is 5.73 Å². The maximum Gasteiger partial charge on any atom is 0.277 e. The zero-order chi connectivity index (χ0) is 10.3. The third-order valence-corrected chi connectivity index (χ3v) is 2.14. The highest BCUT2D eigenvalue weighted by Crippen LogP contribution is 1.75. The molecule has 0 atom stereocenters. The number of nitrogens with one attached hydrogen (secondary N) is 2. The molecule has 0 unspecified atom stereocenters. The number of ether oxygens (including phenoxy) is 1. The van der Waals surface area contributed by atoms with Crippen LogP contribution in [0.25, 0.3) is 0 Å². The van der Waals surface area contributed by atoms with Gasteiger partial charge in [-0.2, -0.15) is 17.9 Å². The summed E-state index contributed by atoms with van der Waals surface area (Å²) in [5, 5.41) is 0. The van der Waals surface area contributed by atoms with E-state index in [0.717, 1.165) is 0 Å². The van der Waals surface area contributed by atoms with Crippen LogP contribution in [0.1, 0.15) is 0 Å². The molecule has 0 aliphatic heterocycles. The summed E-state index contributed by atoms with van der Waals surface area (Å²) in [5.74, 6) is -0.739. The lowest BCUT2D eigenvalue weighted by Gasteiger charge is -2.05. The predicted octanol–water partition coefficient (Wildman–Crippen LogP) is -2.46. The summed E-state index contributed by atoms with van der Waals surface area (Å²) < 4.78 is 30.6. The van der Waals surface area contributed by atoms with Gasteiger partial charge in [-0.15, -0.1) is 0 Å². The van der Waals surface area contributed by atoms with Crippen LogP contribution in [0.5, 0.6) is 0 Å². The third-order valence-electron chi connectivity index (χ3n) is 1.03. The van der Waals surface area contributed by atoms with Gasteiger partial charge in [-0.25, -0.2) is 0 Å². The van der Waals surface area contributed by atoms with Gasteiger partial charge in [0.15, 0.2) is 0 Å². The van der Waals surface area contributed by atoms with E-state index in [1.807, 2.05) is 4.72 Å². The van der Waals surface area contributed by atoms with Crippen molar-refractivity contribution in [1.82, 2.24) is 9.44 Å². The Hall–Kier alpha value is -0.700. The van der Waals surface area contributed by atoms with E-state index in [-0.39, 0.29) is 13.2 Å². The second-order valence-electron chi connectivity index (χ2n) is 2.18. The molecule has 78 valence electrons. The van der Waals surface area contributed by atoms with E-state index in [4.69, 9.17) is 5.73 Å². The van der Waals surface area contributed by atoms with Crippen molar-refractivity contribution in [3.63, 3.8) is 0 Å². The van der Waals surface area contributed by atoms with Gasteiger partial charge in [0.2, 0.25) is 5.91 Å². The summed E-state index contributed by atoms with van der Waals surface area (Å²) in [6.45, 7) is -0.00953. The molecule has 0 aliphatic carbocycles. The topological polar surface area (TPSA) is 111 Å². The number of primary amides is 1. The predicted molar refractivity (Wildman–Crippen MR) is 46.0 cm³/mol. The molecule has 0 aromatic carbocycles. The monoisotopic (exact) mass is 211 g/mol. The third kappa shape index (κ3) is 7.65. The van der Waals surface area contributed by atoms with Crippen LogP contribution in [0.2, 0.25) is 0 Å². The largest absolute Gasteiger partial charge is 0.383 e. The zero-order valence-electron chi connectivity index (χ0n) is 7.24. The van der Waals surface area contributed by atoms with E-state index in [1.165, 1.54) is 7.11 Å². The molecule has 0 aromatic heterocycles. The summed E-state index contributed by atoms with van der Waals surface area (Å²) in [4.78, 5) is 10.2. The second kappa shape index (κ2) is 5.86. The average Bonchev–Trinajstić information content (AvgIpc) is 2.02. The first-order valence-electron chi connectivity index (χ1n) is 3.49. The lowest BCUT2D eigenvalue weighted by Crippen LogP contribution is -2.42. The van der Waals surface area contributed by atoms with Gasteiger partial charge in [0.25, 0.3) is 10.2 Å². The fourth-order valence-electron chi connectivity index (χ4n) is 0.495. The van der Waals surface area contributed by atoms with E-state index in [0.29, 0.717) is 0 Å². The normalized spacial score (nSPS) is 11.5. The fourth-order valence-corrected chi connectivity index (χ4v) is 1.28. The quantitative estimate of drug-likeness (QED) is 0.406. The molecule has 13 heavy (non-hydrogen) atoms. The van der Waals surface area contributed by atoms with Gasteiger partial charge >= 0.3 is 0 Å². The molecule has 0 spiro atoms. The van der Waals surface area contributed by atoms with E-state index in [9.17, 15) is 13.2 Å². The minimum Gasteiger partial charge on any atom is -0.383 e. The molecule has 0 radical (unpaired) electrons. The van der Waals surface area contributed by atoms with Crippen molar-refractivity contribution >= 4 is 16.1 Å². The Morgan fingerprint density at radius 1 is 1.46 bits per heavy atom. The summed E-state index contributed by atoms with van der Waals surface area (Å²) in [5.41, 5.74) is 4.74. The smallest absolute Gasteiger partial charge is 0.277 e. The number of hydrogen-bond donors (Lipinski definition) is 3. The fraction of sp³-hybridized carbons (Fsp3) is 0.800. The van der Waals surface area contributed by atoms with Crippen molar-refractivity contribution in [2.45, 2.75) is 0 Å². The molecule has 0 bridgehead atoms. The van der Waals surface area contributed by atoms with E-state index < -0.39 is 22.7 Å². The van der Waals surface area contributed by atoms with Gasteiger partial charge in [0.1, 0.15) is 0 Å². The van der Waals surface area contributed by atoms with Crippen LogP contribution in [0, 0.1) is 0 Å². The van der Waals surface area contributed by atoms with Crippen LogP contribution in [-0.4, -0.2) is 41.1 Å². The molecule has 0 saturated heterocycles. The number of amides is 1. The lowest BCUT2D eigenvalue weighted by atomic mass is 10.7. The molecular weight excluding hydrogens is 198 g/mol. The van der Waals surface area contributed by atoms with Crippen LogP contribution in [0.4, 0.5) is 0 Å². The lowest BCUT2D eigenvalue weighted by molar-refractivity contribution is -0.116. The van der Waals surface area contributed by atoms with Crippen molar-refractivity contribution in [1.29, 1.82) is 0 Å². The Kier molecular flexibility index (Phi) is 5.55. The number of carbonyl (C=O) groups is 1. The van der Waals surface area contributed by atoms with E-state index in [2.05, 4.69) is 9.46 Å². The standard InChI is InChI=1S/C5H13N3O4S/c1-12-3-2-7-13(10,11)8-4-5(6)9/h7-8H,2-4H2,1H3,(H2,6,9). The van der Waals surface area contributed by atoms with Crippen LogP contribution >= 0.6 is 0 Å². The molecule has 0 aliphatic rings. The number of hydrogen-bond acceptors (Lipinski definition) is 4. The Morgan fingerprint density at radius 2 is 2.08 bits per heavy atom. The molecule has 1 amide bonds. The van der Waals surface area contributed by atoms with Crippen LogP contribution in [0.3, 0.4) is 0 Å². The first kappa shape index (κ1) is 12.3. The van der Waals surface area contributed by atoms with Gasteiger partial charge in [-0.05, 0) is 0 Å². The van der Waals surface area contributed by atoms with Crippen molar-refractivity contribution in [2.75, 3.05) is 26.8 Å². The number of nitrogens with two attached hydrogens (primary N) is 1. The molecular formula is C5H13N3O4S. The van der Waals surface area contributed by atoms with E-state index in [1.54, 1.807) is 0 Å². The van der Waals surface area contributed by atoms with E-state index >= 15 is 0 Å². The average molecular weight is 211 g/mol.